The lowest BCUT2D eigenvalue weighted by Crippen LogP contribution is -2.41. The topological polar surface area (TPSA) is 83.2 Å². The van der Waals surface area contributed by atoms with Crippen molar-refractivity contribution in [3.05, 3.63) is 0 Å². The van der Waals surface area contributed by atoms with Crippen LogP contribution in [0.4, 0.5) is 17.8 Å². The minimum Gasteiger partial charge on any atom is -0.347 e. The van der Waals surface area contributed by atoms with Crippen LogP contribution in [0.25, 0.3) is 0 Å². The molecule has 0 bridgehead atoms. The van der Waals surface area contributed by atoms with Gasteiger partial charge >= 0.3 is 0 Å². The van der Waals surface area contributed by atoms with Gasteiger partial charge in [-0.2, -0.15) is 26.7 Å². The average Bonchev–Trinajstić information content (AvgIpc) is 2.38. The number of nitrogens with zero attached hydrogens (tertiary/aromatic N) is 5. The first-order valence-corrected chi connectivity index (χ1v) is 7.01. The summed E-state index contributed by atoms with van der Waals surface area (Å²) in [6.07, 6.45) is 0. The number of nitrogens with one attached hydrogen (secondary N) is 1. The first kappa shape index (κ1) is 13.2. The number of nitrogens with two attached hydrogens (primary N) is 1. The third-order valence-corrected chi connectivity index (χ3v) is 3.95. The van der Waals surface area contributed by atoms with Crippen molar-refractivity contribution >= 4 is 29.6 Å². The lowest BCUT2D eigenvalue weighted by Gasteiger charge is -2.33. The molecule has 0 amide bonds. The zero-order valence-electron chi connectivity index (χ0n) is 10.9. The van der Waals surface area contributed by atoms with Crippen LogP contribution in [0.15, 0.2) is 0 Å². The summed E-state index contributed by atoms with van der Waals surface area (Å²) in [5.74, 6) is 9.29. The predicted octanol–water partition coefficient (Wildman–Crippen LogP) is 0.165. The molecule has 2 heterocycles. The molecule has 0 aliphatic carbocycles. The van der Waals surface area contributed by atoms with E-state index in [-0.39, 0.29) is 0 Å². The number of hydrogen-bond acceptors (Lipinski definition) is 8. The molecule has 1 aliphatic heterocycles. The normalized spacial score (nSPS) is 19.8. The summed E-state index contributed by atoms with van der Waals surface area (Å²) in [6.45, 7) is 3.13. The number of aromatic nitrogens is 3. The lowest BCUT2D eigenvalue weighted by atomic mass is 10.3. The number of hydrazine groups is 1. The second kappa shape index (κ2) is 5.57. The molecule has 7 nitrogen and oxygen atoms in total. The SMILES string of the molecule is CC1CSCCN1c1nc(NN)nc(N(C)C)n1. The van der Waals surface area contributed by atoms with E-state index in [0.717, 1.165) is 18.1 Å². The molecule has 0 saturated carbocycles. The molecule has 1 aromatic rings. The molecule has 1 fully saturated rings. The summed E-state index contributed by atoms with van der Waals surface area (Å²) in [7, 11) is 3.80. The maximum atomic E-state index is 5.41. The van der Waals surface area contributed by atoms with Crippen molar-refractivity contribution in [2.24, 2.45) is 5.84 Å². The monoisotopic (exact) mass is 269 g/mol. The van der Waals surface area contributed by atoms with Crippen molar-refractivity contribution in [1.29, 1.82) is 0 Å². The van der Waals surface area contributed by atoms with Gasteiger partial charge in [-0.05, 0) is 6.92 Å². The van der Waals surface area contributed by atoms with E-state index in [1.165, 1.54) is 0 Å². The van der Waals surface area contributed by atoms with E-state index in [4.69, 9.17) is 5.84 Å². The first-order chi connectivity index (χ1) is 8.61. The Morgan fingerprint density at radius 1 is 1.39 bits per heavy atom. The Balaban J connectivity index is 2.33. The Morgan fingerprint density at radius 2 is 2.17 bits per heavy atom. The quantitative estimate of drug-likeness (QED) is 0.593. The third kappa shape index (κ3) is 2.75. The fourth-order valence-electron chi connectivity index (χ4n) is 1.77. The predicted molar refractivity (Wildman–Crippen MR) is 76.1 cm³/mol. The van der Waals surface area contributed by atoms with Crippen molar-refractivity contribution in [2.45, 2.75) is 13.0 Å². The zero-order chi connectivity index (χ0) is 13.1. The van der Waals surface area contributed by atoms with Gasteiger partial charge in [-0.25, -0.2) is 5.84 Å². The van der Waals surface area contributed by atoms with Gasteiger partial charge in [0.2, 0.25) is 17.8 Å². The molecule has 3 N–H and O–H groups in total. The molecule has 100 valence electrons. The smallest absolute Gasteiger partial charge is 0.243 e. The van der Waals surface area contributed by atoms with Crippen molar-refractivity contribution in [1.82, 2.24) is 15.0 Å². The van der Waals surface area contributed by atoms with Gasteiger partial charge in [0.25, 0.3) is 0 Å². The number of anilines is 3. The van der Waals surface area contributed by atoms with Crippen LogP contribution >= 0.6 is 11.8 Å². The molecule has 2 rings (SSSR count). The van der Waals surface area contributed by atoms with Gasteiger partial charge in [-0.1, -0.05) is 0 Å². The molecule has 8 heteroatoms. The molecule has 1 atom stereocenters. The van der Waals surface area contributed by atoms with E-state index in [2.05, 4.69) is 32.2 Å². The highest BCUT2D eigenvalue weighted by molar-refractivity contribution is 7.99. The van der Waals surface area contributed by atoms with Crippen LogP contribution < -0.4 is 21.1 Å². The Hall–Kier alpha value is -1.28. The molecule has 0 spiro atoms. The van der Waals surface area contributed by atoms with E-state index < -0.39 is 0 Å². The van der Waals surface area contributed by atoms with E-state index in [1.807, 2.05) is 30.8 Å². The molecule has 1 aromatic heterocycles. The maximum Gasteiger partial charge on any atom is 0.243 e. The van der Waals surface area contributed by atoms with Crippen molar-refractivity contribution < 1.29 is 0 Å². The zero-order valence-corrected chi connectivity index (χ0v) is 11.7. The fraction of sp³-hybridized carbons (Fsp3) is 0.700. The largest absolute Gasteiger partial charge is 0.347 e. The minimum atomic E-state index is 0.397. The van der Waals surface area contributed by atoms with Gasteiger partial charge in [-0.3, -0.25) is 5.43 Å². The summed E-state index contributed by atoms with van der Waals surface area (Å²) in [5.41, 5.74) is 2.50. The van der Waals surface area contributed by atoms with E-state index in [1.54, 1.807) is 0 Å². The third-order valence-electron chi connectivity index (χ3n) is 2.77. The summed E-state index contributed by atoms with van der Waals surface area (Å²) in [6, 6.07) is 0.423. The van der Waals surface area contributed by atoms with Gasteiger partial charge in [0.1, 0.15) is 0 Å². The maximum absolute atomic E-state index is 5.41. The fourth-order valence-corrected chi connectivity index (χ4v) is 2.78. The Kier molecular flexibility index (Phi) is 4.07. The van der Waals surface area contributed by atoms with Crippen LogP contribution in [0.2, 0.25) is 0 Å². The molecule has 0 aromatic carbocycles. The minimum absolute atomic E-state index is 0.397. The molecule has 1 saturated heterocycles. The second-order valence-corrected chi connectivity index (χ2v) is 5.56. The highest BCUT2D eigenvalue weighted by atomic mass is 32.2. The summed E-state index contributed by atoms with van der Waals surface area (Å²) in [4.78, 5) is 17.1. The van der Waals surface area contributed by atoms with Gasteiger partial charge < -0.3 is 9.80 Å². The molecule has 1 unspecified atom stereocenters. The van der Waals surface area contributed by atoms with Crippen molar-refractivity contribution in [2.75, 3.05) is 47.4 Å². The molecule has 0 radical (unpaired) electrons. The van der Waals surface area contributed by atoms with Gasteiger partial charge in [0.05, 0.1) is 0 Å². The van der Waals surface area contributed by atoms with Gasteiger partial charge in [0, 0.05) is 38.2 Å². The van der Waals surface area contributed by atoms with Crippen LogP contribution in [0.5, 0.6) is 0 Å². The highest BCUT2D eigenvalue weighted by Gasteiger charge is 2.22. The van der Waals surface area contributed by atoms with E-state index >= 15 is 0 Å². The van der Waals surface area contributed by atoms with Gasteiger partial charge in [-0.15, -0.1) is 0 Å². The number of nitrogen functional groups attached to an aromatic ring is 1. The Bertz CT molecular complexity index is 411. The second-order valence-electron chi connectivity index (χ2n) is 4.42. The molecular formula is C10H19N7S. The van der Waals surface area contributed by atoms with E-state index in [9.17, 15) is 0 Å². The van der Waals surface area contributed by atoms with Crippen LogP contribution in [0.1, 0.15) is 6.92 Å². The average molecular weight is 269 g/mol. The number of hydrogen-bond donors (Lipinski definition) is 2. The van der Waals surface area contributed by atoms with Crippen LogP contribution in [-0.4, -0.2) is 53.1 Å². The summed E-state index contributed by atoms with van der Waals surface area (Å²) in [5, 5.41) is 0. The standard InChI is InChI=1S/C10H19N7S/c1-7-6-18-5-4-17(7)10-13-8(15-11)12-9(14-10)16(2)3/h7H,4-6,11H2,1-3H3,(H,12,13,14,15). The van der Waals surface area contributed by atoms with Crippen LogP contribution in [0, 0.1) is 0 Å². The lowest BCUT2D eigenvalue weighted by molar-refractivity contribution is 0.674. The Labute approximate surface area is 111 Å². The summed E-state index contributed by atoms with van der Waals surface area (Å²) < 4.78 is 0. The molecule has 18 heavy (non-hydrogen) atoms. The van der Waals surface area contributed by atoms with E-state index in [0.29, 0.717) is 23.9 Å². The number of rotatable bonds is 3. The number of thioether (sulfide) groups is 1. The first-order valence-electron chi connectivity index (χ1n) is 5.86. The molecular weight excluding hydrogens is 250 g/mol. The summed E-state index contributed by atoms with van der Waals surface area (Å²) >= 11 is 1.96. The van der Waals surface area contributed by atoms with Crippen LogP contribution in [-0.2, 0) is 0 Å². The molecule has 1 aliphatic rings. The van der Waals surface area contributed by atoms with Crippen LogP contribution in [0.3, 0.4) is 0 Å². The van der Waals surface area contributed by atoms with Gasteiger partial charge in [0.15, 0.2) is 0 Å². The highest BCUT2D eigenvalue weighted by Crippen LogP contribution is 2.22. The Morgan fingerprint density at radius 3 is 2.78 bits per heavy atom. The van der Waals surface area contributed by atoms with Crippen molar-refractivity contribution in [3.63, 3.8) is 0 Å². The van der Waals surface area contributed by atoms with Crippen molar-refractivity contribution in [3.8, 4) is 0 Å².